The van der Waals surface area contributed by atoms with Crippen molar-refractivity contribution in [2.24, 2.45) is 0 Å². The fourth-order valence-electron chi connectivity index (χ4n) is 3.66. The van der Waals surface area contributed by atoms with Gasteiger partial charge in [-0.1, -0.05) is 11.6 Å². The van der Waals surface area contributed by atoms with Gasteiger partial charge in [-0.05, 0) is 55.0 Å². The third-order valence-corrected chi connectivity index (χ3v) is 6.94. The number of aliphatic hydroxyl groups is 1. The van der Waals surface area contributed by atoms with Crippen LogP contribution < -0.4 is 15.0 Å². The number of anilines is 1. The smallest absolute Gasteiger partial charge is 0.268 e. The van der Waals surface area contributed by atoms with E-state index in [9.17, 15) is 20.0 Å². The number of hydrogen-bond donors (Lipinski definition) is 2. The molecule has 2 N–H and O–H groups in total. The zero-order chi connectivity index (χ0) is 24.4. The molecule has 9 heteroatoms. The van der Waals surface area contributed by atoms with E-state index in [-0.39, 0.29) is 23.4 Å². The number of carbonyl (C=O) groups is 2. The second-order valence-electron chi connectivity index (χ2n) is 7.98. The predicted molar refractivity (Wildman–Crippen MR) is 132 cm³/mol. The van der Waals surface area contributed by atoms with Gasteiger partial charge in [0.15, 0.2) is 0 Å². The average molecular weight is 496 g/mol. The van der Waals surface area contributed by atoms with Gasteiger partial charge in [-0.15, -0.1) is 11.3 Å². The van der Waals surface area contributed by atoms with Crippen LogP contribution in [0.15, 0.2) is 42.5 Å². The van der Waals surface area contributed by atoms with Crippen molar-refractivity contribution in [1.29, 1.82) is 5.26 Å². The zero-order valence-electron chi connectivity index (χ0n) is 18.6. The molecule has 0 radical (unpaired) electrons. The lowest BCUT2D eigenvalue weighted by molar-refractivity contribution is 0.0923. The molecular formula is C25H22ClN3O4S. The molecule has 0 saturated carbocycles. The predicted octanol–water partition coefficient (Wildman–Crippen LogP) is 4.26. The van der Waals surface area contributed by atoms with Gasteiger partial charge < -0.3 is 20.1 Å². The molecule has 7 nitrogen and oxygen atoms in total. The van der Waals surface area contributed by atoms with E-state index in [2.05, 4.69) is 11.4 Å². The lowest BCUT2D eigenvalue weighted by atomic mass is 10.1. The maximum Gasteiger partial charge on any atom is 0.268 e. The second-order valence-corrected chi connectivity index (χ2v) is 9.44. The third-order valence-electron chi connectivity index (χ3n) is 5.44. The van der Waals surface area contributed by atoms with E-state index in [4.69, 9.17) is 16.3 Å². The van der Waals surface area contributed by atoms with Crippen LogP contribution in [0.4, 0.5) is 5.69 Å². The Morgan fingerprint density at radius 3 is 2.79 bits per heavy atom. The van der Waals surface area contributed by atoms with E-state index in [1.165, 1.54) is 22.3 Å². The summed E-state index contributed by atoms with van der Waals surface area (Å²) < 4.78 is 5.82. The highest BCUT2D eigenvalue weighted by Crippen LogP contribution is 2.42. The number of fused-ring (bicyclic) bond motifs is 3. The van der Waals surface area contributed by atoms with Crippen LogP contribution in [0, 0.1) is 11.3 Å². The SMILES string of the molecule is CC(O)CNC(=O)c1ccc(N(C)C(=O)c2cc3c(s2)-c2cc(C#N)ccc2OCC3)c(Cl)c1. The number of halogens is 1. The van der Waals surface area contributed by atoms with Crippen molar-refractivity contribution in [2.45, 2.75) is 19.4 Å². The fourth-order valence-corrected chi connectivity index (χ4v) is 5.17. The number of carbonyl (C=O) groups excluding carboxylic acids is 2. The largest absolute Gasteiger partial charge is 0.493 e. The number of hydrogen-bond acceptors (Lipinski definition) is 6. The number of thiophene rings is 1. The molecule has 1 aromatic heterocycles. The monoisotopic (exact) mass is 495 g/mol. The van der Waals surface area contributed by atoms with E-state index in [1.807, 2.05) is 6.07 Å². The van der Waals surface area contributed by atoms with Crippen molar-refractivity contribution in [3.63, 3.8) is 0 Å². The molecule has 2 amide bonds. The topological polar surface area (TPSA) is 103 Å². The van der Waals surface area contributed by atoms with Gasteiger partial charge in [-0.3, -0.25) is 9.59 Å². The highest BCUT2D eigenvalue weighted by Gasteiger charge is 2.24. The number of nitrogens with one attached hydrogen (secondary N) is 1. The number of aliphatic hydroxyl groups excluding tert-OH is 1. The van der Waals surface area contributed by atoms with Crippen molar-refractivity contribution in [3.05, 3.63) is 69.1 Å². The molecule has 0 saturated heterocycles. The van der Waals surface area contributed by atoms with E-state index in [1.54, 1.807) is 44.3 Å². The average Bonchev–Trinajstić information content (AvgIpc) is 3.18. The summed E-state index contributed by atoms with van der Waals surface area (Å²) in [5, 5.41) is 21.5. The molecule has 1 atom stereocenters. The Morgan fingerprint density at radius 2 is 2.09 bits per heavy atom. The van der Waals surface area contributed by atoms with E-state index in [0.717, 1.165) is 16.0 Å². The first-order valence-electron chi connectivity index (χ1n) is 10.6. The second kappa shape index (κ2) is 9.85. The van der Waals surface area contributed by atoms with Crippen molar-refractivity contribution in [1.82, 2.24) is 5.32 Å². The van der Waals surface area contributed by atoms with Crippen LogP contribution >= 0.6 is 22.9 Å². The van der Waals surface area contributed by atoms with Gasteiger partial charge in [0.05, 0.1) is 39.9 Å². The Balaban J connectivity index is 1.60. The quantitative estimate of drug-likeness (QED) is 0.550. The Bertz CT molecular complexity index is 1310. The van der Waals surface area contributed by atoms with Crippen LogP contribution in [0.2, 0.25) is 5.02 Å². The normalized spacial score (nSPS) is 12.9. The maximum atomic E-state index is 13.3. The van der Waals surface area contributed by atoms with Gasteiger partial charge in [0, 0.05) is 36.0 Å². The molecule has 0 aliphatic carbocycles. The minimum absolute atomic E-state index is 0.129. The van der Waals surface area contributed by atoms with Gasteiger partial charge in [-0.2, -0.15) is 5.26 Å². The van der Waals surface area contributed by atoms with Crippen LogP contribution in [-0.2, 0) is 6.42 Å². The van der Waals surface area contributed by atoms with Gasteiger partial charge in [0.2, 0.25) is 0 Å². The molecule has 0 spiro atoms. The number of nitrogens with zero attached hydrogens (tertiary/aromatic N) is 2. The van der Waals surface area contributed by atoms with E-state index < -0.39 is 6.10 Å². The summed E-state index contributed by atoms with van der Waals surface area (Å²) in [6.07, 6.45) is -0.00968. The van der Waals surface area contributed by atoms with Crippen LogP contribution in [0.5, 0.6) is 5.75 Å². The summed E-state index contributed by atoms with van der Waals surface area (Å²) in [5.74, 6) is 0.104. The minimum atomic E-state index is -0.659. The molecule has 174 valence electrons. The van der Waals surface area contributed by atoms with Crippen LogP contribution in [0.3, 0.4) is 0 Å². The third kappa shape index (κ3) is 4.77. The van der Waals surface area contributed by atoms with Gasteiger partial charge >= 0.3 is 0 Å². The van der Waals surface area contributed by atoms with Crippen LogP contribution in [0.1, 0.15) is 38.1 Å². The first-order valence-corrected chi connectivity index (χ1v) is 11.8. The zero-order valence-corrected chi connectivity index (χ0v) is 20.2. The summed E-state index contributed by atoms with van der Waals surface area (Å²) in [6, 6.07) is 14.0. The molecular weight excluding hydrogens is 474 g/mol. The first-order chi connectivity index (χ1) is 16.3. The van der Waals surface area contributed by atoms with Gasteiger partial charge in [0.1, 0.15) is 5.75 Å². The molecule has 1 aliphatic heterocycles. The number of amides is 2. The van der Waals surface area contributed by atoms with E-state index in [0.29, 0.717) is 40.5 Å². The molecule has 0 bridgehead atoms. The van der Waals surface area contributed by atoms with Crippen molar-refractivity contribution in [3.8, 4) is 22.3 Å². The van der Waals surface area contributed by atoms with E-state index >= 15 is 0 Å². The van der Waals surface area contributed by atoms with Crippen LogP contribution in [0.25, 0.3) is 10.4 Å². The molecule has 2 heterocycles. The molecule has 0 fully saturated rings. The Morgan fingerprint density at radius 1 is 1.29 bits per heavy atom. The van der Waals surface area contributed by atoms with Crippen molar-refractivity contribution < 1.29 is 19.4 Å². The minimum Gasteiger partial charge on any atom is -0.493 e. The molecule has 4 rings (SSSR count). The highest BCUT2D eigenvalue weighted by molar-refractivity contribution is 7.17. The summed E-state index contributed by atoms with van der Waals surface area (Å²) in [6.45, 7) is 2.19. The summed E-state index contributed by atoms with van der Waals surface area (Å²) in [5.41, 5.74) is 3.13. The Labute approximate surface area is 206 Å². The molecule has 2 aromatic carbocycles. The lowest BCUT2D eigenvalue weighted by Crippen LogP contribution is -2.30. The fraction of sp³-hybridized carbons (Fsp3) is 0.240. The maximum absolute atomic E-state index is 13.3. The van der Waals surface area contributed by atoms with Gasteiger partial charge in [-0.25, -0.2) is 0 Å². The van der Waals surface area contributed by atoms with Gasteiger partial charge in [0.25, 0.3) is 11.8 Å². The molecule has 1 aliphatic rings. The van der Waals surface area contributed by atoms with Crippen molar-refractivity contribution in [2.75, 3.05) is 25.1 Å². The standard InChI is InChI=1S/C25H22ClN3O4S/c1-14(30)13-28-24(31)17-4-5-20(19(26)10-17)29(2)25(32)22-11-16-7-8-33-21-6-3-15(12-27)9-18(21)23(16)34-22/h3-6,9-11,14,30H,7-8,13H2,1-2H3,(H,28,31). The Hall–Kier alpha value is -3.38. The molecule has 34 heavy (non-hydrogen) atoms. The summed E-state index contributed by atoms with van der Waals surface area (Å²) in [7, 11) is 1.63. The summed E-state index contributed by atoms with van der Waals surface area (Å²) in [4.78, 5) is 28.5. The number of rotatable bonds is 5. The van der Waals surface area contributed by atoms with Crippen LogP contribution in [-0.4, -0.2) is 43.2 Å². The molecule has 1 unspecified atom stereocenters. The molecule has 3 aromatic rings. The number of ether oxygens (including phenoxy) is 1. The lowest BCUT2D eigenvalue weighted by Gasteiger charge is -2.18. The highest BCUT2D eigenvalue weighted by atomic mass is 35.5. The number of benzene rings is 2. The number of nitriles is 1. The summed E-state index contributed by atoms with van der Waals surface area (Å²) >= 11 is 7.77. The Kier molecular flexibility index (Phi) is 6.89. The van der Waals surface area contributed by atoms with Crippen molar-refractivity contribution >= 4 is 40.4 Å². The first kappa shape index (κ1) is 23.8.